The van der Waals surface area contributed by atoms with Crippen molar-refractivity contribution in [2.75, 3.05) is 26.7 Å². The second-order valence-electron chi connectivity index (χ2n) is 6.39. The molecule has 26 heavy (non-hydrogen) atoms. The Kier molecular flexibility index (Phi) is 10.1. The number of benzene rings is 1. The molecule has 0 spiro atoms. The van der Waals surface area contributed by atoms with Crippen molar-refractivity contribution < 1.29 is 14.3 Å². The first-order valence-electron chi connectivity index (χ1n) is 9.03. The van der Waals surface area contributed by atoms with Gasteiger partial charge in [0.25, 0.3) is 0 Å². The predicted molar refractivity (Wildman–Crippen MR) is 105 cm³/mol. The molecule has 0 radical (unpaired) electrons. The van der Waals surface area contributed by atoms with E-state index in [9.17, 15) is 9.59 Å². The summed E-state index contributed by atoms with van der Waals surface area (Å²) in [5, 5.41) is 2.90. The van der Waals surface area contributed by atoms with Crippen LogP contribution in [0, 0.1) is 0 Å². The van der Waals surface area contributed by atoms with E-state index in [-0.39, 0.29) is 30.3 Å². The van der Waals surface area contributed by atoms with Gasteiger partial charge in [0.2, 0.25) is 11.8 Å². The molecule has 1 aliphatic rings. The molecule has 146 valence electrons. The molecule has 0 aromatic heterocycles. The number of nitrogens with zero attached hydrogens (tertiary/aromatic N) is 1. The number of hydrogen-bond acceptors (Lipinski definition) is 4. The molecule has 2 amide bonds. The number of aryl methyl sites for hydroxylation is 1. The molecule has 1 atom stereocenters. The summed E-state index contributed by atoms with van der Waals surface area (Å²) in [5.74, 6) is 0.915. The predicted octanol–water partition coefficient (Wildman–Crippen LogP) is 1.90. The lowest BCUT2D eigenvalue weighted by molar-refractivity contribution is -0.135. The minimum atomic E-state index is -0.0468. The van der Waals surface area contributed by atoms with Gasteiger partial charge in [-0.05, 0) is 37.3 Å². The molecule has 1 aliphatic heterocycles. The minimum absolute atomic E-state index is 0. The van der Waals surface area contributed by atoms with Crippen LogP contribution in [0.1, 0.15) is 37.7 Å². The van der Waals surface area contributed by atoms with E-state index in [2.05, 4.69) is 5.32 Å². The largest absolute Gasteiger partial charge is 0.496 e. The molecule has 7 heteroatoms. The van der Waals surface area contributed by atoms with Crippen molar-refractivity contribution >= 4 is 24.2 Å². The first-order valence-corrected chi connectivity index (χ1v) is 9.03. The number of amides is 2. The Morgan fingerprint density at radius 3 is 2.77 bits per heavy atom. The van der Waals surface area contributed by atoms with E-state index >= 15 is 0 Å². The zero-order valence-corrected chi connectivity index (χ0v) is 16.2. The van der Waals surface area contributed by atoms with Gasteiger partial charge in [0.05, 0.1) is 7.11 Å². The normalized spacial score (nSPS) is 16.5. The highest BCUT2D eigenvalue weighted by atomic mass is 35.5. The Hall–Kier alpha value is -1.79. The van der Waals surface area contributed by atoms with Crippen LogP contribution in [0.4, 0.5) is 0 Å². The third-order valence-electron chi connectivity index (χ3n) is 4.65. The number of likely N-dealkylation sites (tertiary alicyclic amines) is 1. The summed E-state index contributed by atoms with van der Waals surface area (Å²) in [6.07, 6.45) is 4.48. The molecular weight excluding hydrogens is 354 g/mol. The van der Waals surface area contributed by atoms with Gasteiger partial charge in [0, 0.05) is 38.5 Å². The molecular formula is C19H30ClN3O3. The summed E-state index contributed by atoms with van der Waals surface area (Å²) in [6, 6.07) is 7.87. The molecule has 0 aliphatic carbocycles. The number of rotatable bonds is 8. The second kappa shape index (κ2) is 11.8. The molecule has 6 nitrogen and oxygen atoms in total. The summed E-state index contributed by atoms with van der Waals surface area (Å²) < 4.78 is 5.35. The van der Waals surface area contributed by atoms with Crippen molar-refractivity contribution in [2.24, 2.45) is 5.73 Å². The number of methoxy groups -OCH3 is 1. The van der Waals surface area contributed by atoms with Gasteiger partial charge in [-0.15, -0.1) is 12.4 Å². The van der Waals surface area contributed by atoms with Crippen molar-refractivity contribution in [3.63, 3.8) is 0 Å². The summed E-state index contributed by atoms with van der Waals surface area (Å²) >= 11 is 0. The zero-order chi connectivity index (χ0) is 18.1. The molecule has 1 aromatic rings. The Labute approximate surface area is 161 Å². The summed E-state index contributed by atoms with van der Waals surface area (Å²) in [7, 11) is 1.64. The van der Waals surface area contributed by atoms with Gasteiger partial charge in [0.15, 0.2) is 0 Å². The highest BCUT2D eigenvalue weighted by molar-refractivity contribution is 5.85. The van der Waals surface area contributed by atoms with Crippen molar-refractivity contribution in [3.05, 3.63) is 29.8 Å². The lowest BCUT2D eigenvalue weighted by Crippen LogP contribution is -2.49. The van der Waals surface area contributed by atoms with Crippen LogP contribution in [0.2, 0.25) is 0 Å². The fraction of sp³-hybridized carbons (Fsp3) is 0.579. The number of carbonyl (C=O) groups is 2. The van der Waals surface area contributed by atoms with Crippen LogP contribution >= 0.6 is 12.4 Å². The van der Waals surface area contributed by atoms with Crippen LogP contribution in [0.5, 0.6) is 5.75 Å². The highest BCUT2D eigenvalue weighted by Gasteiger charge is 2.26. The maximum absolute atomic E-state index is 12.7. The first-order chi connectivity index (χ1) is 12.2. The standard InChI is InChI=1S/C19H29N3O3.ClH/c1-25-17-8-3-2-6-15(17)9-10-19(24)22-13-5-4-7-16(22)14-21-18(23)11-12-20;/h2-3,6,8,16H,4-5,7,9-14,20H2,1H3,(H,21,23);1H. The number of halogens is 1. The third kappa shape index (κ3) is 6.50. The molecule has 1 aromatic carbocycles. The molecule has 1 unspecified atom stereocenters. The summed E-state index contributed by atoms with van der Waals surface area (Å²) in [6.45, 7) is 1.62. The average molecular weight is 384 g/mol. The first kappa shape index (κ1) is 22.3. The topological polar surface area (TPSA) is 84.7 Å². The van der Waals surface area contributed by atoms with Crippen LogP contribution in [-0.4, -0.2) is 49.5 Å². The van der Waals surface area contributed by atoms with Gasteiger partial charge in [-0.25, -0.2) is 0 Å². The lowest BCUT2D eigenvalue weighted by atomic mass is 10.0. The van der Waals surface area contributed by atoms with Gasteiger partial charge < -0.3 is 20.7 Å². The molecule has 0 saturated carbocycles. The Bertz CT molecular complexity index is 583. The molecule has 2 rings (SSSR count). The van der Waals surface area contributed by atoms with Crippen molar-refractivity contribution in [1.82, 2.24) is 10.2 Å². The number of hydrogen-bond donors (Lipinski definition) is 2. The van der Waals surface area contributed by atoms with E-state index < -0.39 is 0 Å². The second-order valence-corrected chi connectivity index (χ2v) is 6.39. The zero-order valence-electron chi connectivity index (χ0n) is 15.4. The van der Waals surface area contributed by atoms with E-state index in [1.54, 1.807) is 7.11 Å². The van der Waals surface area contributed by atoms with Crippen LogP contribution in [0.15, 0.2) is 24.3 Å². The van der Waals surface area contributed by atoms with Gasteiger partial charge in [0.1, 0.15) is 5.75 Å². The molecule has 1 fully saturated rings. The molecule has 0 bridgehead atoms. The van der Waals surface area contributed by atoms with Crippen LogP contribution in [0.3, 0.4) is 0 Å². The Balaban J connectivity index is 0.00000338. The maximum Gasteiger partial charge on any atom is 0.223 e. The lowest BCUT2D eigenvalue weighted by Gasteiger charge is -2.36. The monoisotopic (exact) mass is 383 g/mol. The molecule has 3 N–H and O–H groups in total. The smallest absolute Gasteiger partial charge is 0.223 e. The average Bonchev–Trinajstić information content (AvgIpc) is 2.65. The fourth-order valence-electron chi connectivity index (χ4n) is 3.29. The number of ether oxygens (including phenoxy) is 1. The Morgan fingerprint density at radius 1 is 1.27 bits per heavy atom. The minimum Gasteiger partial charge on any atom is -0.496 e. The SMILES string of the molecule is COc1ccccc1CCC(=O)N1CCCCC1CNC(=O)CCN.Cl. The summed E-state index contributed by atoms with van der Waals surface area (Å²) in [4.78, 5) is 26.3. The third-order valence-corrected chi connectivity index (χ3v) is 4.65. The van der Waals surface area contributed by atoms with Crippen molar-refractivity contribution in [1.29, 1.82) is 0 Å². The number of nitrogens with two attached hydrogens (primary N) is 1. The van der Waals surface area contributed by atoms with Gasteiger partial charge in [-0.1, -0.05) is 18.2 Å². The van der Waals surface area contributed by atoms with Gasteiger partial charge in [-0.3, -0.25) is 9.59 Å². The number of nitrogens with one attached hydrogen (secondary N) is 1. The number of piperidine rings is 1. The number of carbonyl (C=O) groups excluding carboxylic acids is 2. The van der Waals surface area contributed by atoms with E-state index in [4.69, 9.17) is 10.5 Å². The molecule has 1 heterocycles. The highest BCUT2D eigenvalue weighted by Crippen LogP contribution is 2.21. The van der Waals surface area contributed by atoms with Crippen molar-refractivity contribution in [2.45, 2.75) is 44.6 Å². The van der Waals surface area contributed by atoms with Crippen molar-refractivity contribution in [3.8, 4) is 5.75 Å². The maximum atomic E-state index is 12.7. The van der Waals surface area contributed by atoms with E-state index in [1.807, 2.05) is 29.2 Å². The van der Waals surface area contributed by atoms with Gasteiger partial charge in [-0.2, -0.15) is 0 Å². The van der Waals surface area contributed by atoms with Gasteiger partial charge >= 0.3 is 0 Å². The van der Waals surface area contributed by atoms with Crippen LogP contribution in [-0.2, 0) is 16.0 Å². The van der Waals surface area contributed by atoms with Crippen LogP contribution < -0.4 is 15.8 Å². The number of para-hydroxylation sites is 1. The van der Waals surface area contributed by atoms with E-state index in [1.165, 1.54) is 0 Å². The van der Waals surface area contributed by atoms with E-state index in [0.717, 1.165) is 37.1 Å². The quantitative estimate of drug-likeness (QED) is 0.718. The Morgan fingerprint density at radius 2 is 2.04 bits per heavy atom. The van der Waals surface area contributed by atoms with E-state index in [0.29, 0.717) is 32.4 Å². The van der Waals surface area contributed by atoms with Crippen LogP contribution in [0.25, 0.3) is 0 Å². The summed E-state index contributed by atoms with van der Waals surface area (Å²) in [5.41, 5.74) is 6.44. The fourth-order valence-corrected chi connectivity index (χ4v) is 3.29. The molecule has 1 saturated heterocycles.